The lowest BCUT2D eigenvalue weighted by atomic mass is 10.2. The number of nitrogens with zero attached hydrogens (tertiary/aromatic N) is 1. The van der Waals surface area contributed by atoms with Crippen LogP contribution in [0.5, 0.6) is 5.75 Å². The van der Waals surface area contributed by atoms with E-state index in [2.05, 4.69) is 0 Å². The zero-order chi connectivity index (χ0) is 15.4. The van der Waals surface area contributed by atoms with Crippen molar-refractivity contribution in [2.75, 3.05) is 26.2 Å². The van der Waals surface area contributed by atoms with Crippen molar-refractivity contribution in [2.24, 2.45) is 5.73 Å². The summed E-state index contributed by atoms with van der Waals surface area (Å²) in [6.45, 7) is 1.20. The van der Waals surface area contributed by atoms with Crippen molar-refractivity contribution in [1.82, 2.24) is 4.90 Å². The maximum absolute atomic E-state index is 9.92. The van der Waals surface area contributed by atoms with Crippen LogP contribution in [-0.2, 0) is 0 Å². The summed E-state index contributed by atoms with van der Waals surface area (Å²) in [7, 11) is 0. The summed E-state index contributed by atoms with van der Waals surface area (Å²) in [6.07, 6.45) is -2.19. The smallest absolute Gasteiger partial charge is 0.119 e. The van der Waals surface area contributed by atoms with Crippen LogP contribution in [0.15, 0.2) is 24.3 Å². The zero-order valence-electron chi connectivity index (χ0n) is 11.6. The Labute approximate surface area is 128 Å². The molecule has 1 aromatic carbocycles. The number of β-amino-alcohol motifs (C(OH)–C–C–N with tert-alkyl or cyclic N) is 3. The summed E-state index contributed by atoms with van der Waals surface area (Å²) in [5, 5.41) is 28.8. The Kier molecular flexibility index (Phi) is 5.49. The van der Waals surface area contributed by atoms with Gasteiger partial charge in [0.05, 0.1) is 12.2 Å². The molecular formula is C14H20N2O4S. The minimum absolute atomic E-state index is 0.134. The Hall–Kier alpha value is -1.25. The number of likely N-dealkylation sites (tertiary alicyclic amines) is 1. The second-order valence-corrected chi connectivity index (χ2v) is 5.65. The third-order valence-electron chi connectivity index (χ3n) is 3.38. The fourth-order valence-electron chi connectivity index (χ4n) is 2.25. The molecule has 0 saturated carbocycles. The predicted molar refractivity (Wildman–Crippen MR) is 82.3 cm³/mol. The van der Waals surface area contributed by atoms with Crippen LogP contribution in [-0.4, -0.2) is 69.8 Å². The number of thiocarbonyl (C=S) groups is 1. The first kappa shape index (κ1) is 16.1. The number of nitrogens with two attached hydrogens (primary N) is 1. The molecule has 0 amide bonds. The average molecular weight is 312 g/mol. The molecule has 1 aliphatic heterocycles. The first-order valence-corrected chi connectivity index (χ1v) is 7.15. The molecule has 3 unspecified atom stereocenters. The van der Waals surface area contributed by atoms with Gasteiger partial charge in [0.25, 0.3) is 0 Å². The van der Waals surface area contributed by atoms with Gasteiger partial charge in [0.1, 0.15) is 23.4 Å². The van der Waals surface area contributed by atoms with Crippen LogP contribution in [0.1, 0.15) is 5.56 Å². The first-order valence-electron chi connectivity index (χ1n) is 6.75. The molecule has 0 aromatic heterocycles. The van der Waals surface area contributed by atoms with Crippen LogP contribution in [0.2, 0.25) is 0 Å². The van der Waals surface area contributed by atoms with Gasteiger partial charge < -0.3 is 25.8 Å². The lowest BCUT2D eigenvalue weighted by Crippen LogP contribution is -2.35. The number of aliphatic hydroxyl groups excluding tert-OH is 3. The van der Waals surface area contributed by atoms with E-state index in [1.807, 2.05) is 0 Å². The number of aliphatic hydroxyl groups is 3. The third kappa shape index (κ3) is 4.62. The molecule has 0 spiro atoms. The SMILES string of the molecule is NC(=S)c1ccc(OCC(O)CN2CC(O)C(O)C2)cc1. The van der Waals surface area contributed by atoms with Crippen LogP contribution in [0, 0.1) is 0 Å². The molecule has 116 valence electrons. The van der Waals surface area contributed by atoms with Gasteiger partial charge >= 0.3 is 0 Å². The van der Waals surface area contributed by atoms with Crippen LogP contribution in [0.25, 0.3) is 0 Å². The summed E-state index contributed by atoms with van der Waals surface area (Å²) in [5.41, 5.74) is 6.27. The normalized spacial score (nSPS) is 24.0. The largest absolute Gasteiger partial charge is 0.491 e. The second kappa shape index (κ2) is 7.15. The summed E-state index contributed by atoms with van der Waals surface area (Å²) >= 11 is 4.86. The third-order valence-corrected chi connectivity index (χ3v) is 3.62. The van der Waals surface area contributed by atoms with Gasteiger partial charge in [0.2, 0.25) is 0 Å². The molecule has 0 aliphatic carbocycles. The van der Waals surface area contributed by atoms with Crippen LogP contribution in [0.3, 0.4) is 0 Å². The molecule has 21 heavy (non-hydrogen) atoms. The Morgan fingerprint density at radius 1 is 1.29 bits per heavy atom. The van der Waals surface area contributed by atoms with E-state index < -0.39 is 18.3 Å². The molecule has 2 rings (SSSR count). The molecule has 1 fully saturated rings. The van der Waals surface area contributed by atoms with Gasteiger partial charge in [-0.3, -0.25) is 4.90 Å². The summed E-state index contributed by atoms with van der Waals surface area (Å²) in [6, 6.07) is 7.00. The molecular weight excluding hydrogens is 292 g/mol. The Morgan fingerprint density at radius 3 is 2.38 bits per heavy atom. The molecule has 1 heterocycles. The van der Waals surface area contributed by atoms with E-state index in [9.17, 15) is 15.3 Å². The lowest BCUT2D eigenvalue weighted by Gasteiger charge is -2.19. The van der Waals surface area contributed by atoms with E-state index in [1.54, 1.807) is 29.2 Å². The van der Waals surface area contributed by atoms with Crippen molar-refractivity contribution in [3.05, 3.63) is 29.8 Å². The molecule has 1 aliphatic rings. The number of benzene rings is 1. The number of hydrogen-bond acceptors (Lipinski definition) is 6. The molecule has 1 aromatic rings. The van der Waals surface area contributed by atoms with Gasteiger partial charge in [-0.2, -0.15) is 0 Å². The van der Waals surface area contributed by atoms with E-state index in [0.29, 0.717) is 30.4 Å². The Balaban J connectivity index is 1.76. The quantitative estimate of drug-likeness (QED) is 0.505. The second-order valence-electron chi connectivity index (χ2n) is 5.21. The maximum atomic E-state index is 9.92. The van der Waals surface area contributed by atoms with Gasteiger partial charge in [0.15, 0.2) is 0 Å². The molecule has 7 heteroatoms. The van der Waals surface area contributed by atoms with Crippen LogP contribution >= 0.6 is 12.2 Å². The fraction of sp³-hybridized carbons (Fsp3) is 0.500. The number of rotatable bonds is 6. The molecule has 6 nitrogen and oxygen atoms in total. The van der Waals surface area contributed by atoms with Crippen molar-refractivity contribution < 1.29 is 20.1 Å². The topological polar surface area (TPSA) is 99.2 Å². The molecule has 5 N–H and O–H groups in total. The van der Waals surface area contributed by atoms with Gasteiger partial charge in [-0.1, -0.05) is 12.2 Å². The molecule has 0 radical (unpaired) electrons. The van der Waals surface area contributed by atoms with Crippen molar-refractivity contribution in [1.29, 1.82) is 0 Å². The van der Waals surface area contributed by atoms with E-state index in [-0.39, 0.29) is 6.61 Å². The highest BCUT2D eigenvalue weighted by Crippen LogP contribution is 2.14. The average Bonchev–Trinajstić information content (AvgIpc) is 2.75. The minimum Gasteiger partial charge on any atom is -0.491 e. The van der Waals surface area contributed by atoms with Crippen molar-refractivity contribution in [2.45, 2.75) is 18.3 Å². The predicted octanol–water partition coefficient (Wildman–Crippen LogP) is -0.902. The summed E-state index contributed by atoms with van der Waals surface area (Å²) in [5.74, 6) is 0.621. The fourth-order valence-corrected chi connectivity index (χ4v) is 2.39. The minimum atomic E-state index is -0.745. The van der Waals surface area contributed by atoms with E-state index >= 15 is 0 Å². The highest BCUT2D eigenvalue weighted by atomic mass is 32.1. The van der Waals surface area contributed by atoms with Crippen molar-refractivity contribution in [3.63, 3.8) is 0 Å². The number of ether oxygens (including phenoxy) is 1. The first-order chi connectivity index (χ1) is 9.95. The van der Waals surface area contributed by atoms with Crippen LogP contribution < -0.4 is 10.5 Å². The number of hydrogen-bond donors (Lipinski definition) is 4. The van der Waals surface area contributed by atoms with Gasteiger partial charge in [-0.15, -0.1) is 0 Å². The monoisotopic (exact) mass is 312 g/mol. The van der Waals surface area contributed by atoms with Crippen LogP contribution in [0.4, 0.5) is 0 Å². The highest BCUT2D eigenvalue weighted by molar-refractivity contribution is 7.80. The van der Waals surface area contributed by atoms with Crippen molar-refractivity contribution in [3.8, 4) is 5.75 Å². The van der Waals surface area contributed by atoms with E-state index in [1.165, 1.54) is 0 Å². The Morgan fingerprint density at radius 2 is 1.86 bits per heavy atom. The van der Waals surface area contributed by atoms with Gasteiger partial charge in [-0.05, 0) is 24.3 Å². The molecule has 1 saturated heterocycles. The molecule has 0 bridgehead atoms. The van der Waals surface area contributed by atoms with E-state index in [0.717, 1.165) is 5.56 Å². The summed E-state index contributed by atoms with van der Waals surface area (Å²) in [4.78, 5) is 2.13. The lowest BCUT2D eigenvalue weighted by molar-refractivity contribution is 0.0572. The summed E-state index contributed by atoms with van der Waals surface area (Å²) < 4.78 is 5.48. The highest BCUT2D eigenvalue weighted by Gasteiger charge is 2.30. The van der Waals surface area contributed by atoms with Crippen molar-refractivity contribution >= 4 is 17.2 Å². The van der Waals surface area contributed by atoms with Gasteiger partial charge in [0, 0.05) is 25.2 Å². The maximum Gasteiger partial charge on any atom is 0.119 e. The standard InChI is InChI=1S/C14H20N2O4S/c15-14(21)9-1-3-11(4-2-9)20-8-10(17)5-16-6-12(18)13(19)7-16/h1-4,10,12-13,17-19H,5-8H2,(H2,15,21). The van der Waals surface area contributed by atoms with E-state index in [4.69, 9.17) is 22.7 Å². The van der Waals surface area contributed by atoms with Gasteiger partial charge in [-0.25, -0.2) is 0 Å². The zero-order valence-corrected chi connectivity index (χ0v) is 12.4. The molecule has 3 atom stereocenters. The Bertz CT molecular complexity index is 472.